The van der Waals surface area contributed by atoms with Gasteiger partial charge in [0.2, 0.25) is 0 Å². The van der Waals surface area contributed by atoms with Crippen LogP contribution in [0.15, 0.2) is 6.07 Å². The van der Waals surface area contributed by atoms with Gasteiger partial charge in [-0.05, 0) is 32.3 Å². The Balaban J connectivity index is 2.23. The zero-order valence-electron chi connectivity index (χ0n) is 10.6. The molecule has 1 aromatic heterocycles. The number of hydrogen-bond acceptors (Lipinski definition) is 3. The summed E-state index contributed by atoms with van der Waals surface area (Å²) in [6.45, 7) is 6.93. The summed E-state index contributed by atoms with van der Waals surface area (Å²) in [4.78, 5) is 16.5. The number of hydrogen-bond donors (Lipinski definition) is 1. The molecule has 3 nitrogen and oxygen atoms in total. The summed E-state index contributed by atoms with van der Waals surface area (Å²) in [5.41, 5.74) is 0.806. The Morgan fingerprint density at radius 3 is 2.82 bits per heavy atom. The lowest BCUT2D eigenvalue weighted by atomic mass is 10.0. The number of carbonyl (C=O) groups excluding carboxylic acids is 1. The van der Waals surface area contributed by atoms with Crippen molar-refractivity contribution in [3.05, 3.63) is 21.4 Å². The molecule has 1 fully saturated rings. The van der Waals surface area contributed by atoms with Crippen molar-refractivity contribution in [2.45, 2.75) is 33.2 Å². The SMILES string of the molecule is Cc1cc(C(=O)N2CCC(C)C2CO)c(C)s1. The maximum Gasteiger partial charge on any atom is 0.255 e. The molecule has 1 amide bonds. The molecule has 94 valence electrons. The molecule has 1 N–H and O–H groups in total. The molecule has 0 saturated carbocycles. The zero-order chi connectivity index (χ0) is 12.6. The topological polar surface area (TPSA) is 40.5 Å². The molecule has 0 radical (unpaired) electrons. The van der Waals surface area contributed by atoms with E-state index in [0.717, 1.165) is 23.4 Å². The molecule has 0 bridgehead atoms. The molecule has 2 unspecified atom stereocenters. The van der Waals surface area contributed by atoms with Gasteiger partial charge >= 0.3 is 0 Å². The van der Waals surface area contributed by atoms with E-state index in [0.29, 0.717) is 5.92 Å². The van der Waals surface area contributed by atoms with Crippen molar-refractivity contribution in [1.29, 1.82) is 0 Å². The quantitative estimate of drug-likeness (QED) is 0.878. The lowest BCUT2D eigenvalue weighted by Crippen LogP contribution is -2.39. The Bertz CT molecular complexity index is 427. The Kier molecular flexibility index (Phi) is 3.54. The normalized spacial score (nSPS) is 24.4. The summed E-state index contributed by atoms with van der Waals surface area (Å²) in [5, 5.41) is 9.39. The van der Waals surface area contributed by atoms with Crippen LogP contribution in [-0.4, -0.2) is 35.1 Å². The first kappa shape index (κ1) is 12.6. The third-order valence-electron chi connectivity index (χ3n) is 3.60. The second-order valence-electron chi connectivity index (χ2n) is 4.84. The van der Waals surface area contributed by atoms with Crippen LogP contribution in [0.1, 0.15) is 33.5 Å². The van der Waals surface area contributed by atoms with Crippen molar-refractivity contribution in [3.63, 3.8) is 0 Å². The average molecular weight is 253 g/mol. The van der Waals surface area contributed by atoms with E-state index >= 15 is 0 Å². The number of rotatable bonds is 2. The van der Waals surface area contributed by atoms with Crippen molar-refractivity contribution in [3.8, 4) is 0 Å². The van der Waals surface area contributed by atoms with Gasteiger partial charge in [-0.1, -0.05) is 6.92 Å². The van der Waals surface area contributed by atoms with Gasteiger partial charge < -0.3 is 10.0 Å². The summed E-state index contributed by atoms with van der Waals surface area (Å²) < 4.78 is 0. The highest BCUT2D eigenvalue weighted by molar-refractivity contribution is 7.12. The third-order valence-corrected chi connectivity index (χ3v) is 4.57. The summed E-state index contributed by atoms with van der Waals surface area (Å²) >= 11 is 1.66. The first-order valence-corrected chi connectivity index (χ1v) is 6.85. The molecule has 1 aliphatic heterocycles. The Morgan fingerprint density at radius 1 is 1.59 bits per heavy atom. The van der Waals surface area contributed by atoms with Crippen LogP contribution in [0.5, 0.6) is 0 Å². The molecule has 2 heterocycles. The molecule has 17 heavy (non-hydrogen) atoms. The minimum absolute atomic E-state index is 0.0119. The Hall–Kier alpha value is -0.870. The first-order valence-electron chi connectivity index (χ1n) is 6.03. The lowest BCUT2D eigenvalue weighted by molar-refractivity contribution is 0.0648. The maximum absolute atomic E-state index is 12.4. The molecule has 1 saturated heterocycles. The molecule has 0 aromatic carbocycles. The van der Waals surface area contributed by atoms with Gasteiger partial charge in [0.15, 0.2) is 0 Å². The highest BCUT2D eigenvalue weighted by Crippen LogP contribution is 2.28. The average Bonchev–Trinajstić information content (AvgIpc) is 2.80. The third kappa shape index (κ3) is 2.24. The molecular weight excluding hydrogens is 234 g/mol. The lowest BCUT2D eigenvalue weighted by Gasteiger charge is -2.25. The monoisotopic (exact) mass is 253 g/mol. The van der Waals surface area contributed by atoms with Crippen molar-refractivity contribution >= 4 is 17.2 Å². The van der Waals surface area contributed by atoms with Gasteiger partial charge in [0.05, 0.1) is 18.2 Å². The highest BCUT2D eigenvalue weighted by atomic mass is 32.1. The maximum atomic E-state index is 12.4. The van der Waals surface area contributed by atoms with Crippen LogP contribution in [0.3, 0.4) is 0 Å². The summed E-state index contributed by atoms with van der Waals surface area (Å²) in [6, 6.07) is 1.95. The van der Waals surface area contributed by atoms with Crippen LogP contribution < -0.4 is 0 Å². The summed E-state index contributed by atoms with van der Waals surface area (Å²) in [7, 11) is 0. The van der Waals surface area contributed by atoms with E-state index in [2.05, 4.69) is 6.92 Å². The van der Waals surface area contributed by atoms with Crippen LogP contribution in [0.4, 0.5) is 0 Å². The largest absolute Gasteiger partial charge is 0.394 e. The van der Waals surface area contributed by atoms with Crippen LogP contribution in [0, 0.1) is 19.8 Å². The fraction of sp³-hybridized carbons (Fsp3) is 0.615. The van der Waals surface area contributed by atoms with E-state index in [-0.39, 0.29) is 18.6 Å². The predicted molar refractivity (Wildman–Crippen MR) is 69.5 cm³/mol. The van der Waals surface area contributed by atoms with Crippen molar-refractivity contribution in [2.24, 2.45) is 5.92 Å². The Morgan fingerprint density at radius 2 is 2.29 bits per heavy atom. The molecule has 1 aromatic rings. The van der Waals surface area contributed by atoms with Crippen LogP contribution >= 0.6 is 11.3 Å². The number of nitrogens with zero attached hydrogens (tertiary/aromatic N) is 1. The second kappa shape index (κ2) is 4.78. The van der Waals surface area contributed by atoms with E-state index < -0.39 is 0 Å². The standard InChI is InChI=1S/C13H19NO2S/c1-8-4-5-14(12(8)7-15)13(16)11-6-9(2)17-10(11)3/h6,8,12,15H,4-5,7H2,1-3H3. The number of aliphatic hydroxyl groups is 1. The van der Waals surface area contributed by atoms with E-state index in [4.69, 9.17) is 0 Å². The smallest absolute Gasteiger partial charge is 0.255 e. The molecule has 0 aliphatic carbocycles. The Labute approximate surface area is 106 Å². The molecule has 4 heteroatoms. The minimum Gasteiger partial charge on any atom is -0.394 e. The van der Waals surface area contributed by atoms with E-state index in [1.54, 1.807) is 11.3 Å². The minimum atomic E-state index is -0.0119. The molecular formula is C13H19NO2S. The predicted octanol–water partition coefficient (Wildman–Crippen LogP) is 2.21. The summed E-state index contributed by atoms with van der Waals surface area (Å²) in [5.74, 6) is 0.472. The van der Waals surface area contributed by atoms with Crippen LogP contribution in [0.2, 0.25) is 0 Å². The number of aliphatic hydroxyl groups excluding tert-OH is 1. The van der Waals surface area contributed by atoms with E-state index in [1.165, 1.54) is 4.88 Å². The second-order valence-corrected chi connectivity index (χ2v) is 6.30. The number of amides is 1. The molecule has 1 aliphatic rings. The number of carbonyl (C=O) groups is 1. The molecule has 2 rings (SSSR count). The number of likely N-dealkylation sites (tertiary alicyclic amines) is 1. The fourth-order valence-corrected chi connectivity index (χ4v) is 3.45. The van der Waals surface area contributed by atoms with Crippen molar-refractivity contribution in [2.75, 3.05) is 13.2 Å². The van der Waals surface area contributed by atoms with Crippen LogP contribution in [-0.2, 0) is 0 Å². The van der Waals surface area contributed by atoms with Gasteiger partial charge in [-0.3, -0.25) is 4.79 Å². The van der Waals surface area contributed by atoms with E-state index in [1.807, 2.05) is 24.8 Å². The van der Waals surface area contributed by atoms with Gasteiger partial charge in [0.25, 0.3) is 5.91 Å². The summed E-state index contributed by atoms with van der Waals surface area (Å²) in [6.07, 6.45) is 0.985. The number of thiophene rings is 1. The number of aryl methyl sites for hydroxylation is 2. The van der Waals surface area contributed by atoms with Gasteiger partial charge in [-0.25, -0.2) is 0 Å². The first-order chi connectivity index (χ1) is 8.04. The highest BCUT2D eigenvalue weighted by Gasteiger charge is 2.34. The molecule has 0 spiro atoms. The van der Waals surface area contributed by atoms with Crippen LogP contribution in [0.25, 0.3) is 0 Å². The fourth-order valence-electron chi connectivity index (χ4n) is 2.54. The van der Waals surface area contributed by atoms with Gasteiger partial charge in [-0.15, -0.1) is 11.3 Å². The van der Waals surface area contributed by atoms with E-state index in [9.17, 15) is 9.90 Å². The van der Waals surface area contributed by atoms with Crippen molar-refractivity contribution in [1.82, 2.24) is 4.90 Å². The zero-order valence-corrected chi connectivity index (χ0v) is 11.4. The van der Waals surface area contributed by atoms with Gasteiger partial charge in [-0.2, -0.15) is 0 Å². The molecule has 2 atom stereocenters. The van der Waals surface area contributed by atoms with Gasteiger partial charge in [0, 0.05) is 16.3 Å². The van der Waals surface area contributed by atoms with Gasteiger partial charge in [0.1, 0.15) is 0 Å². The van der Waals surface area contributed by atoms with Crippen molar-refractivity contribution < 1.29 is 9.90 Å².